The van der Waals surface area contributed by atoms with Crippen molar-refractivity contribution in [1.82, 2.24) is 9.55 Å². The summed E-state index contributed by atoms with van der Waals surface area (Å²) in [4.78, 5) is 31.6. The van der Waals surface area contributed by atoms with E-state index in [1.165, 1.54) is 0 Å². The van der Waals surface area contributed by atoms with Gasteiger partial charge in [0.15, 0.2) is 0 Å². The van der Waals surface area contributed by atoms with Crippen molar-refractivity contribution in [3.63, 3.8) is 0 Å². The zero-order valence-electron chi connectivity index (χ0n) is 16.0. The Bertz CT molecular complexity index is 1090. The zero-order valence-corrected chi connectivity index (χ0v) is 16.0. The molecule has 0 aliphatic rings. The van der Waals surface area contributed by atoms with Crippen LogP contribution in [0, 0.1) is 6.92 Å². The first-order chi connectivity index (χ1) is 13.5. The van der Waals surface area contributed by atoms with E-state index < -0.39 is 17.1 Å². The molecule has 0 radical (unpaired) electrons. The van der Waals surface area contributed by atoms with Crippen molar-refractivity contribution in [1.29, 1.82) is 0 Å². The summed E-state index contributed by atoms with van der Waals surface area (Å²) in [6, 6.07) is 17.0. The lowest BCUT2D eigenvalue weighted by molar-refractivity contribution is 0.429. The highest BCUT2D eigenvalue weighted by Gasteiger charge is 2.19. The van der Waals surface area contributed by atoms with E-state index in [-0.39, 0.29) is 5.56 Å². The fraction of sp³-hybridized carbons (Fsp3) is 0.227. The number of benzene rings is 2. The predicted molar refractivity (Wildman–Crippen MR) is 111 cm³/mol. The van der Waals surface area contributed by atoms with Gasteiger partial charge in [0.25, 0.3) is 5.56 Å². The van der Waals surface area contributed by atoms with Gasteiger partial charge < -0.3 is 5.11 Å². The second kappa shape index (κ2) is 8.52. The maximum Gasteiger partial charge on any atom is 0.335 e. The number of nitrogens with zero attached hydrogens (tertiary/aromatic N) is 2. The Morgan fingerprint density at radius 1 is 1.07 bits per heavy atom. The van der Waals surface area contributed by atoms with Crippen LogP contribution in [0.3, 0.4) is 0 Å². The normalized spacial score (nSPS) is 11.6. The molecule has 1 aromatic heterocycles. The highest BCUT2D eigenvalue weighted by atomic mass is 16.3. The van der Waals surface area contributed by atoms with Gasteiger partial charge in [-0.1, -0.05) is 55.0 Å². The predicted octanol–water partition coefficient (Wildman–Crippen LogP) is 2.98. The molecule has 0 saturated heterocycles. The second-order valence-corrected chi connectivity index (χ2v) is 6.55. The lowest BCUT2D eigenvalue weighted by atomic mass is 10.1. The summed E-state index contributed by atoms with van der Waals surface area (Å²) in [5.74, 6) is -0.391. The highest BCUT2D eigenvalue weighted by Crippen LogP contribution is 2.18. The molecule has 0 unspecified atom stereocenters. The van der Waals surface area contributed by atoms with Gasteiger partial charge in [-0.25, -0.2) is 9.36 Å². The number of rotatable bonds is 6. The molecule has 0 fully saturated rings. The molecular formula is C22H23N3O3. The van der Waals surface area contributed by atoms with E-state index in [0.717, 1.165) is 22.1 Å². The lowest BCUT2D eigenvalue weighted by Crippen LogP contribution is -2.33. The van der Waals surface area contributed by atoms with Crippen LogP contribution in [0.4, 0.5) is 0 Å². The maximum absolute atomic E-state index is 12.4. The molecule has 2 N–H and O–H groups in total. The molecule has 1 heterocycles. The summed E-state index contributed by atoms with van der Waals surface area (Å²) >= 11 is 0. The number of nitrogens with one attached hydrogen (secondary N) is 1. The van der Waals surface area contributed by atoms with Crippen LogP contribution in [0.25, 0.3) is 5.69 Å². The van der Waals surface area contributed by atoms with Crippen molar-refractivity contribution in [2.45, 2.75) is 26.7 Å². The van der Waals surface area contributed by atoms with E-state index in [1.54, 1.807) is 12.1 Å². The fourth-order valence-corrected chi connectivity index (χ4v) is 3.05. The molecule has 0 spiro atoms. The van der Waals surface area contributed by atoms with Crippen LogP contribution in [0.5, 0.6) is 5.88 Å². The van der Waals surface area contributed by atoms with E-state index in [0.29, 0.717) is 24.4 Å². The third-order valence-corrected chi connectivity index (χ3v) is 4.55. The van der Waals surface area contributed by atoms with Gasteiger partial charge in [-0.15, -0.1) is 0 Å². The van der Waals surface area contributed by atoms with Gasteiger partial charge in [0, 0.05) is 6.54 Å². The Balaban J connectivity index is 2.00. The largest absolute Gasteiger partial charge is 0.493 e. The lowest BCUT2D eigenvalue weighted by Gasteiger charge is -2.12. The van der Waals surface area contributed by atoms with Gasteiger partial charge in [0.1, 0.15) is 5.56 Å². The summed E-state index contributed by atoms with van der Waals surface area (Å²) in [6.45, 7) is 4.27. The minimum absolute atomic E-state index is 0.0377. The quantitative estimate of drug-likeness (QED) is 0.648. The molecule has 144 valence electrons. The molecule has 0 aliphatic carbocycles. The van der Waals surface area contributed by atoms with Crippen molar-refractivity contribution in [2.24, 2.45) is 4.99 Å². The summed E-state index contributed by atoms with van der Waals surface area (Å²) in [5.41, 5.74) is 1.83. The molecule has 0 bridgehead atoms. The highest BCUT2D eigenvalue weighted by molar-refractivity contribution is 6.02. The van der Waals surface area contributed by atoms with Crippen LogP contribution in [0.15, 0.2) is 69.2 Å². The van der Waals surface area contributed by atoms with Crippen LogP contribution < -0.4 is 11.2 Å². The average molecular weight is 377 g/mol. The minimum atomic E-state index is -0.685. The Morgan fingerprint density at radius 3 is 2.39 bits per heavy atom. The van der Waals surface area contributed by atoms with E-state index in [9.17, 15) is 14.7 Å². The number of aromatic nitrogens is 2. The summed E-state index contributed by atoms with van der Waals surface area (Å²) in [5, 5.41) is 10.8. The Kier molecular flexibility index (Phi) is 5.89. The van der Waals surface area contributed by atoms with E-state index in [4.69, 9.17) is 0 Å². The topological polar surface area (TPSA) is 87.4 Å². The fourth-order valence-electron chi connectivity index (χ4n) is 3.05. The summed E-state index contributed by atoms with van der Waals surface area (Å²) in [7, 11) is 0. The van der Waals surface area contributed by atoms with Crippen molar-refractivity contribution in [3.05, 3.63) is 92.1 Å². The molecule has 28 heavy (non-hydrogen) atoms. The van der Waals surface area contributed by atoms with Crippen LogP contribution >= 0.6 is 0 Å². The monoisotopic (exact) mass is 377 g/mol. The Hall–Kier alpha value is -3.41. The molecule has 0 aliphatic heterocycles. The first-order valence-corrected chi connectivity index (χ1v) is 9.24. The number of H-pyrrole nitrogens is 1. The number of aromatic amines is 1. The van der Waals surface area contributed by atoms with Gasteiger partial charge in [-0.3, -0.25) is 14.8 Å². The molecule has 6 heteroatoms. The Morgan fingerprint density at radius 2 is 1.75 bits per heavy atom. The number of aromatic hydroxyl groups is 1. The summed E-state index contributed by atoms with van der Waals surface area (Å²) < 4.78 is 1.10. The smallest absolute Gasteiger partial charge is 0.335 e. The van der Waals surface area contributed by atoms with Crippen LogP contribution in [0.1, 0.15) is 30.0 Å². The SMILES string of the molecule is CCC(=NCCc1ccccc1)c1c(O)n(-c2ccc(C)cc2)c(=O)[nH]c1=O. The standard InChI is InChI=1S/C22H23N3O3/c1-3-18(23-14-13-16-7-5-4-6-8-16)19-20(26)24-22(28)25(21(19)27)17-11-9-15(2)10-12-17/h4-12,27H,3,13-14H2,1-2H3,(H,24,26,28). The van der Waals surface area contributed by atoms with Crippen LogP contribution in [-0.4, -0.2) is 26.9 Å². The van der Waals surface area contributed by atoms with Gasteiger partial charge in [0.05, 0.1) is 11.4 Å². The molecule has 3 rings (SSSR count). The first-order valence-electron chi connectivity index (χ1n) is 9.24. The zero-order chi connectivity index (χ0) is 20.1. The number of aryl methyl sites for hydroxylation is 1. The molecule has 2 aromatic carbocycles. The van der Waals surface area contributed by atoms with E-state index in [2.05, 4.69) is 9.98 Å². The molecular weight excluding hydrogens is 354 g/mol. The second-order valence-electron chi connectivity index (χ2n) is 6.55. The molecule has 0 saturated carbocycles. The maximum atomic E-state index is 12.4. The van der Waals surface area contributed by atoms with Gasteiger partial charge >= 0.3 is 5.69 Å². The average Bonchev–Trinajstić information content (AvgIpc) is 2.68. The van der Waals surface area contributed by atoms with Crippen molar-refractivity contribution in [2.75, 3.05) is 6.54 Å². The van der Waals surface area contributed by atoms with Gasteiger partial charge in [-0.2, -0.15) is 0 Å². The van der Waals surface area contributed by atoms with E-state index in [1.807, 2.05) is 56.3 Å². The van der Waals surface area contributed by atoms with Crippen molar-refractivity contribution < 1.29 is 5.11 Å². The van der Waals surface area contributed by atoms with Gasteiger partial charge in [-0.05, 0) is 37.5 Å². The third kappa shape index (κ3) is 4.11. The van der Waals surface area contributed by atoms with Gasteiger partial charge in [0.2, 0.25) is 5.88 Å². The van der Waals surface area contributed by atoms with Crippen molar-refractivity contribution in [3.8, 4) is 11.6 Å². The number of aliphatic imine (C=N–C) groups is 1. The van der Waals surface area contributed by atoms with Crippen molar-refractivity contribution >= 4 is 5.71 Å². The number of hydrogen-bond donors (Lipinski definition) is 2. The first kappa shape index (κ1) is 19.4. The summed E-state index contributed by atoms with van der Waals surface area (Å²) in [6.07, 6.45) is 1.18. The molecule has 3 aromatic rings. The Labute approximate surface area is 162 Å². The van der Waals surface area contributed by atoms with Crippen LogP contribution in [-0.2, 0) is 6.42 Å². The molecule has 0 amide bonds. The van der Waals surface area contributed by atoms with Crippen LogP contribution in [0.2, 0.25) is 0 Å². The van der Waals surface area contributed by atoms with E-state index >= 15 is 0 Å². The molecule has 6 nitrogen and oxygen atoms in total. The minimum Gasteiger partial charge on any atom is -0.493 e. The number of hydrogen-bond acceptors (Lipinski definition) is 4. The molecule has 0 atom stereocenters. The third-order valence-electron chi connectivity index (χ3n) is 4.55.